The molecule has 0 atom stereocenters. The van der Waals surface area contributed by atoms with Crippen LogP contribution in [0.15, 0.2) is 4.99 Å². The first-order chi connectivity index (χ1) is 10.9. The molecule has 0 amide bonds. The summed E-state index contributed by atoms with van der Waals surface area (Å²) in [5.74, 6) is 1.78. The van der Waals surface area contributed by atoms with Gasteiger partial charge in [0.15, 0.2) is 5.96 Å². The summed E-state index contributed by atoms with van der Waals surface area (Å²) in [5, 5.41) is 6.76. The SMILES string of the molecule is CCNC(=NCCOCCS(C)(=O)=O)NC1CCC(CC)CC1. The molecule has 1 rings (SSSR count). The van der Waals surface area contributed by atoms with Crippen LogP contribution in [0.5, 0.6) is 0 Å². The van der Waals surface area contributed by atoms with E-state index in [1.807, 2.05) is 6.92 Å². The molecule has 1 saturated carbocycles. The molecule has 2 N–H and O–H groups in total. The standard InChI is InChI=1S/C16H33N3O3S/c1-4-14-6-8-15(9-7-14)19-16(17-5-2)18-10-11-22-12-13-23(3,20)21/h14-15H,4-13H2,1-3H3,(H2,17,18,19). The summed E-state index contributed by atoms with van der Waals surface area (Å²) >= 11 is 0. The number of nitrogens with one attached hydrogen (secondary N) is 2. The average molecular weight is 348 g/mol. The number of hydrogen-bond donors (Lipinski definition) is 2. The number of hydrogen-bond acceptors (Lipinski definition) is 4. The van der Waals surface area contributed by atoms with E-state index in [4.69, 9.17) is 4.74 Å². The monoisotopic (exact) mass is 347 g/mol. The van der Waals surface area contributed by atoms with E-state index in [1.165, 1.54) is 38.4 Å². The van der Waals surface area contributed by atoms with Gasteiger partial charge in [-0.15, -0.1) is 0 Å². The van der Waals surface area contributed by atoms with E-state index >= 15 is 0 Å². The van der Waals surface area contributed by atoms with Gasteiger partial charge in [-0.05, 0) is 38.5 Å². The Balaban J connectivity index is 2.27. The first kappa shape index (κ1) is 20.2. The van der Waals surface area contributed by atoms with Gasteiger partial charge in [0.25, 0.3) is 0 Å². The van der Waals surface area contributed by atoms with E-state index < -0.39 is 9.84 Å². The molecule has 0 spiro atoms. The molecule has 0 aliphatic heterocycles. The molecule has 136 valence electrons. The Bertz CT molecular complexity index is 443. The van der Waals surface area contributed by atoms with Crippen LogP contribution in [0.25, 0.3) is 0 Å². The average Bonchev–Trinajstić information content (AvgIpc) is 2.50. The Morgan fingerprint density at radius 2 is 1.87 bits per heavy atom. The molecule has 0 aromatic heterocycles. The summed E-state index contributed by atoms with van der Waals surface area (Å²) in [7, 11) is -2.95. The third-order valence-corrected chi connectivity index (χ3v) is 5.12. The maximum atomic E-state index is 11.0. The van der Waals surface area contributed by atoms with Crippen molar-refractivity contribution in [1.29, 1.82) is 0 Å². The smallest absolute Gasteiger partial charge is 0.191 e. The Morgan fingerprint density at radius 1 is 1.17 bits per heavy atom. The van der Waals surface area contributed by atoms with Crippen molar-refractivity contribution in [3.8, 4) is 0 Å². The second-order valence-electron chi connectivity index (χ2n) is 6.27. The van der Waals surface area contributed by atoms with Crippen LogP contribution in [0.2, 0.25) is 0 Å². The van der Waals surface area contributed by atoms with Gasteiger partial charge in [-0.25, -0.2) is 8.42 Å². The second kappa shape index (κ2) is 10.9. The molecule has 1 fully saturated rings. The molecule has 0 aromatic rings. The largest absolute Gasteiger partial charge is 0.378 e. The van der Waals surface area contributed by atoms with E-state index in [9.17, 15) is 8.42 Å². The molecule has 1 aliphatic rings. The fraction of sp³-hybridized carbons (Fsp3) is 0.938. The van der Waals surface area contributed by atoms with Gasteiger partial charge in [0.2, 0.25) is 0 Å². The lowest BCUT2D eigenvalue weighted by atomic mass is 9.84. The van der Waals surface area contributed by atoms with E-state index in [2.05, 4.69) is 22.5 Å². The van der Waals surface area contributed by atoms with Gasteiger partial charge in [0.05, 0.1) is 25.5 Å². The Morgan fingerprint density at radius 3 is 2.43 bits per heavy atom. The summed E-state index contributed by atoms with van der Waals surface area (Å²) in [4.78, 5) is 4.50. The van der Waals surface area contributed by atoms with Gasteiger partial charge >= 0.3 is 0 Å². The molecule has 0 aromatic carbocycles. The zero-order valence-electron chi connectivity index (χ0n) is 14.8. The fourth-order valence-electron chi connectivity index (χ4n) is 2.76. The van der Waals surface area contributed by atoms with Crippen molar-refractivity contribution in [2.45, 2.75) is 52.0 Å². The Labute approximate surface area is 141 Å². The van der Waals surface area contributed by atoms with Crippen LogP contribution < -0.4 is 10.6 Å². The fourth-order valence-corrected chi connectivity index (χ4v) is 3.18. The molecule has 0 bridgehead atoms. The minimum Gasteiger partial charge on any atom is -0.378 e. The highest BCUT2D eigenvalue weighted by molar-refractivity contribution is 7.90. The number of sulfone groups is 1. The van der Waals surface area contributed by atoms with Crippen LogP contribution in [-0.2, 0) is 14.6 Å². The van der Waals surface area contributed by atoms with E-state index in [0.717, 1.165) is 18.4 Å². The third-order valence-electron chi connectivity index (χ3n) is 4.21. The van der Waals surface area contributed by atoms with Crippen molar-refractivity contribution >= 4 is 15.8 Å². The molecule has 7 heteroatoms. The molecular weight excluding hydrogens is 314 g/mol. The van der Waals surface area contributed by atoms with Gasteiger partial charge in [0, 0.05) is 18.8 Å². The highest BCUT2D eigenvalue weighted by Crippen LogP contribution is 2.26. The number of rotatable bonds is 9. The highest BCUT2D eigenvalue weighted by Gasteiger charge is 2.20. The maximum Gasteiger partial charge on any atom is 0.191 e. The van der Waals surface area contributed by atoms with Gasteiger partial charge < -0.3 is 15.4 Å². The van der Waals surface area contributed by atoms with Crippen molar-refractivity contribution in [1.82, 2.24) is 10.6 Å². The predicted molar refractivity (Wildman–Crippen MR) is 95.7 cm³/mol. The lowest BCUT2D eigenvalue weighted by Crippen LogP contribution is -2.45. The molecule has 0 heterocycles. The molecule has 0 saturated heterocycles. The van der Waals surface area contributed by atoms with Crippen LogP contribution in [0.1, 0.15) is 46.0 Å². The van der Waals surface area contributed by atoms with Crippen LogP contribution in [0, 0.1) is 5.92 Å². The van der Waals surface area contributed by atoms with Gasteiger partial charge in [-0.1, -0.05) is 13.3 Å². The van der Waals surface area contributed by atoms with Crippen molar-refractivity contribution in [2.24, 2.45) is 10.9 Å². The van der Waals surface area contributed by atoms with Gasteiger partial charge in [-0.2, -0.15) is 0 Å². The van der Waals surface area contributed by atoms with Crippen molar-refractivity contribution in [3.63, 3.8) is 0 Å². The second-order valence-corrected chi connectivity index (χ2v) is 8.53. The van der Waals surface area contributed by atoms with Gasteiger partial charge in [-0.3, -0.25) is 4.99 Å². The molecule has 23 heavy (non-hydrogen) atoms. The zero-order valence-corrected chi connectivity index (χ0v) is 15.6. The first-order valence-corrected chi connectivity index (χ1v) is 10.8. The number of guanidine groups is 1. The van der Waals surface area contributed by atoms with Crippen LogP contribution in [0.3, 0.4) is 0 Å². The lowest BCUT2D eigenvalue weighted by Gasteiger charge is -2.29. The summed E-state index contributed by atoms with van der Waals surface area (Å²) < 4.78 is 27.3. The van der Waals surface area contributed by atoms with Gasteiger partial charge in [0.1, 0.15) is 9.84 Å². The molecular formula is C16H33N3O3S. The van der Waals surface area contributed by atoms with E-state index in [1.54, 1.807) is 0 Å². The minimum atomic E-state index is -2.95. The Hall–Kier alpha value is -0.820. The number of nitrogens with zero attached hydrogens (tertiary/aromatic N) is 1. The van der Waals surface area contributed by atoms with Crippen LogP contribution >= 0.6 is 0 Å². The molecule has 0 unspecified atom stereocenters. The van der Waals surface area contributed by atoms with Crippen molar-refractivity contribution in [3.05, 3.63) is 0 Å². The van der Waals surface area contributed by atoms with Crippen molar-refractivity contribution in [2.75, 3.05) is 38.3 Å². The lowest BCUT2D eigenvalue weighted by molar-refractivity contribution is 0.157. The third kappa shape index (κ3) is 9.81. The van der Waals surface area contributed by atoms with Crippen molar-refractivity contribution < 1.29 is 13.2 Å². The zero-order chi connectivity index (χ0) is 17.1. The molecule has 1 aliphatic carbocycles. The Kier molecular flexibility index (Phi) is 9.55. The highest BCUT2D eigenvalue weighted by atomic mass is 32.2. The summed E-state index contributed by atoms with van der Waals surface area (Å²) in [6.45, 7) is 6.35. The molecule has 0 radical (unpaired) electrons. The summed E-state index contributed by atoms with van der Waals surface area (Å²) in [6, 6.07) is 0.502. The predicted octanol–water partition coefficient (Wildman–Crippen LogP) is 1.57. The van der Waals surface area contributed by atoms with E-state index in [-0.39, 0.29) is 12.4 Å². The summed E-state index contributed by atoms with van der Waals surface area (Å²) in [5.41, 5.74) is 0. The van der Waals surface area contributed by atoms with E-state index in [0.29, 0.717) is 19.2 Å². The summed E-state index contributed by atoms with van der Waals surface area (Å²) in [6.07, 6.45) is 7.49. The topological polar surface area (TPSA) is 79.8 Å². The maximum absolute atomic E-state index is 11.0. The van der Waals surface area contributed by atoms with Crippen LogP contribution in [0.4, 0.5) is 0 Å². The number of aliphatic imine (C=N–C) groups is 1. The first-order valence-electron chi connectivity index (χ1n) is 8.75. The normalized spacial score (nSPS) is 22.8. The minimum absolute atomic E-state index is 0.0652. The quantitative estimate of drug-likeness (QED) is 0.376. The number of ether oxygens (including phenoxy) is 1. The molecule has 6 nitrogen and oxygen atoms in total. The van der Waals surface area contributed by atoms with Crippen LogP contribution in [-0.4, -0.2) is 58.7 Å².